The molecule has 0 amide bonds. The van der Waals surface area contributed by atoms with E-state index in [1.807, 2.05) is 4.90 Å². The Morgan fingerprint density at radius 3 is 2.92 bits per heavy atom. The van der Waals surface area contributed by atoms with Gasteiger partial charge in [0, 0.05) is 32.1 Å². The van der Waals surface area contributed by atoms with Crippen molar-refractivity contribution in [2.45, 2.75) is 51.1 Å². The molecule has 132 valence electrons. The van der Waals surface area contributed by atoms with Gasteiger partial charge in [-0.3, -0.25) is 9.59 Å². The maximum atomic E-state index is 12.4. The summed E-state index contributed by atoms with van der Waals surface area (Å²) in [6.07, 6.45) is 9.41. The van der Waals surface area contributed by atoms with Crippen molar-refractivity contribution in [3.8, 4) is 0 Å². The molecule has 1 saturated heterocycles. The van der Waals surface area contributed by atoms with Crippen molar-refractivity contribution in [1.82, 2.24) is 19.3 Å². The summed E-state index contributed by atoms with van der Waals surface area (Å²) in [5, 5.41) is 4.62. The van der Waals surface area contributed by atoms with Crippen LogP contribution in [0, 0.1) is 0 Å². The summed E-state index contributed by atoms with van der Waals surface area (Å²) >= 11 is 0. The van der Waals surface area contributed by atoms with E-state index in [1.165, 1.54) is 0 Å². The van der Waals surface area contributed by atoms with Gasteiger partial charge in [-0.1, -0.05) is 0 Å². The van der Waals surface area contributed by atoms with Crippen molar-refractivity contribution < 1.29 is 0 Å². The Labute approximate surface area is 145 Å². The first-order valence-electron chi connectivity index (χ1n) is 9.01. The second-order valence-corrected chi connectivity index (χ2v) is 7.00. The molecular weight excluding hydrogens is 318 g/mol. The molecule has 2 aromatic heterocycles. The summed E-state index contributed by atoms with van der Waals surface area (Å²) in [6.45, 7) is 1.29. The fourth-order valence-corrected chi connectivity index (χ4v) is 3.92. The van der Waals surface area contributed by atoms with Crippen LogP contribution in [-0.2, 0) is 26.4 Å². The number of nitrogens with zero attached hydrogens (tertiary/aromatic N) is 5. The number of hydrogen-bond donors (Lipinski definition) is 0. The standard InChI is InChI=1S/C18H23N5O2/c1-21-10-8-19-17(18(21)25)22-9-4-6-14(22)12-23-16(24)11-13-5-2-3-7-15(13)20-23/h8,10-11,14H,2-7,9,12H2,1H3. The van der Waals surface area contributed by atoms with Crippen LogP contribution in [0.1, 0.15) is 36.9 Å². The maximum Gasteiger partial charge on any atom is 0.293 e. The normalized spacial score (nSPS) is 19.9. The van der Waals surface area contributed by atoms with Crippen LogP contribution in [0.2, 0.25) is 0 Å². The van der Waals surface area contributed by atoms with Crippen LogP contribution < -0.4 is 16.0 Å². The van der Waals surface area contributed by atoms with Gasteiger partial charge < -0.3 is 9.47 Å². The van der Waals surface area contributed by atoms with Crippen molar-refractivity contribution in [1.29, 1.82) is 0 Å². The molecule has 0 radical (unpaired) electrons. The average Bonchev–Trinajstić information content (AvgIpc) is 3.06. The Balaban J connectivity index is 1.63. The lowest BCUT2D eigenvalue weighted by Gasteiger charge is -2.26. The number of aryl methyl sites for hydroxylation is 3. The molecule has 0 aromatic carbocycles. The first-order chi connectivity index (χ1) is 12.1. The molecule has 7 nitrogen and oxygen atoms in total. The SMILES string of the molecule is Cn1ccnc(N2CCCC2Cn2nc3c(cc2=O)CCCC3)c1=O. The van der Waals surface area contributed by atoms with Crippen LogP contribution in [-0.4, -0.2) is 31.9 Å². The Morgan fingerprint density at radius 1 is 1.20 bits per heavy atom. The van der Waals surface area contributed by atoms with Gasteiger partial charge in [0.05, 0.1) is 18.3 Å². The van der Waals surface area contributed by atoms with E-state index >= 15 is 0 Å². The van der Waals surface area contributed by atoms with E-state index in [1.54, 1.807) is 34.8 Å². The van der Waals surface area contributed by atoms with Crippen molar-refractivity contribution in [2.75, 3.05) is 11.4 Å². The Morgan fingerprint density at radius 2 is 2.04 bits per heavy atom. The second-order valence-electron chi connectivity index (χ2n) is 7.00. The maximum absolute atomic E-state index is 12.4. The molecule has 1 unspecified atom stereocenters. The Kier molecular flexibility index (Phi) is 4.15. The van der Waals surface area contributed by atoms with Crippen LogP contribution in [0.3, 0.4) is 0 Å². The van der Waals surface area contributed by atoms with Crippen LogP contribution in [0.4, 0.5) is 5.82 Å². The molecular formula is C18H23N5O2. The third kappa shape index (κ3) is 2.99. The fourth-order valence-electron chi connectivity index (χ4n) is 3.92. The predicted molar refractivity (Wildman–Crippen MR) is 95.0 cm³/mol. The highest BCUT2D eigenvalue weighted by molar-refractivity contribution is 5.38. The molecule has 1 aliphatic carbocycles. The van der Waals surface area contributed by atoms with E-state index in [4.69, 9.17) is 0 Å². The van der Waals surface area contributed by atoms with Gasteiger partial charge >= 0.3 is 0 Å². The van der Waals surface area contributed by atoms with E-state index in [-0.39, 0.29) is 17.2 Å². The first-order valence-corrected chi connectivity index (χ1v) is 9.01. The third-order valence-corrected chi connectivity index (χ3v) is 5.31. The van der Waals surface area contributed by atoms with Crippen molar-refractivity contribution in [3.05, 3.63) is 50.4 Å². The molecule has 1 fully saturated rings. The molecule has 3 heterocycles. The molecule has 2 aromatic rings. The smallest absolute Gasteiger partial charge is 0.293 e. The molecule has 0 bridgehead atoms. The summed E-state index contributed by atoms with van der Waals surface area (Å²) in [5.74, 6) is 0.471. The number of rotatable bonds is 3. The van der Waals surface area contributed by atoms with Gasteiger partial charge in [-0.05, 0) is 44.1 Å². The van der Waals surface area contributed by atoms with Gasteiger partial charge in [0.1, 0.15) is 0 Å². The van der Waals surface area contributed by atoms with Crippen LogP contribution in [0.25, 0.3) is 0 Å². The lowest BCUT2D eigenvalue weighted by Crippen LogP contribution is -2.41. The highest BCUT2D eigenvalue weighted by Crippen LogP contribution is 2.22. The summed E-state index contributed by atoms with van der Waals surface area (Å²) in [7, 11) is 1.73. The van der Waals surface area contributed by atoms with Crippen LogP contribution in [0.15, 0.2) is 28.0 Å². The summed E-state index contributed by atoms with van der Waals surface area (Å²) in [5.41, 5.74) is 2.03. The topological polar surface area (TPSA) is 73.0 Å². The molecule has 0 saturated carbocycles. The molecule has 0 N–H and O–H groups in total. The predicted octanol–water partition coefficient (Wildman–Crippen LogP) is 0.885. The largest absolute Gasteiger partial charge is 0.347 e. The zero-order valence-corrected chi connectivity index (χ0v) is 14.5. The number of fused-ring (bicyclic) bond motifs is 1. The van der Waals surface area contributed by atoms with Crippen molar-refractivity contribution in [3.63, 3.8) is 0 Å². The molecule has 25 heavy (non-hydrogen) atoms. The molecule has 4 rings (SSSR count). The quantitative estimate of drug-likeness (QED) is 0.829. The van der Waals surface area contributed by atoms with Gasteiger partial charge in [-0.2, -0.15) is 5.10 Å². The van der Waals surface area contributed by atoms with Crippen molar-refractivity contribution >= 4 is 5.82 Å². The number of anilines is 1. The number of aromatic nitrogens is 4. The average molecular weight is 341 g/mol. The molecule has 1 atom stereocenters. The summed E-state index contributed by atoms with van der Waals surface area (Å²) in [6, 6.07) is 1.83. The minimum atomic E-state index is -0.0971. The number of hydrogen-bond acceptors (Lipinski definition) is 5. The summed E-state index contributed by atoms with van der Waals surface area (Å²) < 4.78 is 3.13. The van der Waals surface area contributed by atoms with E-state index in [9.17, 15) is 9.59 Å². The van der Waals surface area contributed by atoms with E-state index < -0.39 is 0 Å². The second kappa shape index (κ2) is 6.46. The van der Waals surface area contributed by atoms with E-state index in [2.05, 4.69) is 10.1 Å². The minimum Gasteiger partial charge on any atom is -0.347 e. The lowest BCUT2D eigenvalue weighted by molar-refractivity contribution is 0.471. The zero-order chi connectivity index (χ0) is 17.4. The molecule has 2 aliphatic rings. The Bertz CT molecular complexity index is 901. The summed E-state index contributed by atoms with van der Waals surface area (Å²) in [4.78, 5) is 31.2. The first kappa shape index (κ1) is 16.1. The van der Waals surface area contributed by atoms with Gasteiger partial charge in [-0.15, -0.1) is 0 Å². The molecule has 1 aliphatic heterocycles. The van der Waals surface area contributed by atoms with Gasteiger partial charge in [0.2, 0.25) is 0 Å². The highest BCUT2D eigenvalue weighted by atomic mass is 16.1. The molecule has 0 spiro atoms. The zero-order valence-electron chi connectivity index (χ0n) is 14.5. The Hall–Kier alpha value is -2.44. The van der Waals surface area contributed by atoms with Gasteiger partial charge in [0.15, 0.2) is 5.82 Å². The molecule has 7 heteroatoms. The van der Waals surface area contributed by atoms with Crippen LogP contribution >= 0.6 is 0 Å². The van der Waals surface area contributed by atoms with Gasteiger partial charge in [-0.25, -0.2) is 9.67 Å². The van der Waals surface area contributed by atoms with E-state index in [0.717, 1.165) is 56.3 Å². The van der Waals surface area contributed by atoms with Gasteiger partial charge in [0.25, 0.3) is 11.1 Å². The lowest BCUT2D eigenvalue weighted by atomic mass is 9.97. The highest BCUT2D eigenvalue weighted by Gasteiger charge is 2.29. The van der Waals surface area contributed by atoms with Crippen molar-refractivity contribution in [2.24, 2.45) is 7.05 Å². The van der Waals surface area contributed by atoms with E-state index in [0.29, 0.717) is 12.4 Å². The fraction of sp³-hybridized carbons (Fsp3) is 0.556. The third-order valence-electron chi connectivity index (χ3n) is 5.31. The monoisotopic (exact) mass is 341 g/mol. The van der Waals surface area contributed by atoms with Crippen LogP contribution in [0.5, 0.6) is 0 Å². The minimum absolute atomic E-state index is 0.0403.